The molecule has 1 atom stereocenters. The molecule has 2 heteroatoms. The molecule has 0 saturated heterocycles. The van der Waals surface area contributed by atoms with Gasteiger partial charge in [-0.15, -0.1) is 0 Å². The molecule has 0 radical (unpaired) electrons. The molecule has 0 N–H and O–H groups in total. The highest BCUT2D eigenvalue weighted by Gasteiger charge is 2.09. The quantitative estimate of drug-likeness (QED) is 0.228. The summed E-state index contributed by atoms with van der Waals surface area (Å²) >= 11 is 2.60. The van der Waals surface area contributed by atoms with Crippen molar-refractivity contribution in [1.29, 1.82) is 0 Å². The molecule has 0 aliphatic carbocycles. The van der Waals surface area contributed by atoms with E-state index in [0.717, 1.165) is 27.3 Å². The highest BCUT2D eigenvalue weighted by atomic mass is 127. The lowest BCUT2D eigenvalue weighted by Crippen LogP contribution is -2.02. The van der Waals surface area contributed by atoms with Crippen molar-refractivity contribution in [2.24, 2.45) is 0 Å². The molecule has 23 heavy (non-hydrogen) atoms. The van der Waals surface area contributed by atoms with Crippen molar-refractivity contribution in [3.05, 3.63) is 60.2 Å². The first-order valence-corrected chi connectivity index (χ1v) is 9.73. The van der Waals surface area contributed by atoms with Gasteiger partial charge in [0.15, 0.2) is 0 Å². The number of hydrogen-bond acceptors (Lipinski definition) is 1. The first kappa shape index (κ1) is 16.6. The summed E-state index contributed by atoms with van der Waals surface area (Å²) in [7, 11) is 0. The lowest BCUT2D eigenvalue weighted by atomic mass is 10.0. The fourth-order valence-corrected chi connectivity index (χ4v) is 3.89. The monoisotopic (exact) mass is 418 g/mol. The van der Waals surface area contributed by atoms with Gasteiger partial charge in [0.05, 0.1) is 0 Å². The summed E-state index contributed by atoms with van der Waals surface area (Å²) in [6.45, 7) is 2.26. The van der Waals surface area contributed by atoms with Crippen LogP contribution in [0.3, 0.4) is 0 Å². The van der Waals surface area contributed by atoms with Gasteiger partial charge in [0.2, 0.25) is 0 Å². The van der Waals surface area contributed by atoms with Crippen LogP contribution in [-0.4, -0.2) is 3.92 Å². The molecule has 1 aromatic heterocycles. The maximum absolute atomic E-state index is 5.99. The van der Waals surface area contributed by atoms with Gasteiger partial charge in [0, 0.05) is 14.9 Å². The Kier molecular flexibility index (Phi) is 5.76. The zero-order valence-corrected chi connectivity index (χ0v) is 15.8. The average Bonchev–Trinajstić information content (AvgIpc) is 2.99. The van der Waals surface area contributed by atoms with E-state index in [1.807, 2.05) is 18.2 Å². The summed E-state index contributed by atoms with van der Waals surface area (Å²) in [6.07, 6.45) is 6.45. The van der Waals surface area contributed by atoms with Crippen LogP contribution in [0, 0.1) is 0 Å². The minimum Gasteiger partial charge on any atom is -0.456 e. The molecular formula is C21H23IO. The maximum Gasteiger partial charge on any atom is 0.135 e. The number of alkyl halides is 1. The Bertz CT molecular complexity index is 745. The Morgan fingerprint density at radius 2 is 1.83 bits per heavy atom. The number of halogens is 1. The number of fused-ring (bicyclic) bond motifs is 1. The van der Waals surface area contributed by atoms with E-state index in [1.54, 1.807) is 0 Å². The van der Waals surface area contributed by atoms with Crippen molar-refractivity contribution >= 4 is 33.6 Å². The molecule has 0 aliphatic rings. The van der Waals surface area contributed by atoms with Crippen molar-refractivity contribution < 1.29 is 4.42 Å². The van der Waals surface area contributed by atoms with Crippen LogP contribution in [0.15, 0.2) is 59.0 Å². The van der Waals surface area contributed by atoms with Crippen LogP contribution in [0.5, 0.6) is 0 Å². The number of rotatable bonds is 7. The molecule has 120 valence electrons. The lowest BCUT2D eigenvalue weighted by Gasteiger charge is -2.09. The van der Waals surface area contributed by atoms with Gasteiger partial charge in [-0.25, -0.2) is 0 Å². The minimum atomic E-state index is 0.720. The second kappa shape index (κ2) is 8.00. The Hall–Kier alpha value is -1.29. The molecule has 0 saturated carbocycles. The van der Waals surface area contributed by atoms with E-state index in [-0.39, 0.29) is 0 Å². The van der Waals surface area contributed by atoms with Crippen molar-refractivity contribution in [3.63, 3.8) is 0 Å². The van der Waals surface area contributed by atoms with Gasteiger partial charge >= 0.3 is 0 Å². The molecule has 2 aromatic carbocycles. The van der Waals surface area contributed by atoms with Gasteiger partial charge in [-0.1, -0.05) is 85.2 Å². The van der Waals surface area contributed by atoms with Gasteiger partial charge in [0.25, 0.3) is 0 Å². The van der Waals surface area contributed by atoms with Gasteiger partial charge in [-0.2, -0.15) is 0 Å². The third-order valence-corrected chi connectivity index (χ3v) is 5.28. The summed E-state index contributed by atoms with van der Waals surface area (Å²) in [4.78, 5) is 0. The first-order chi connectivity index (χ1) is 11.3. The molecule has 1 nitrogen and oxygen atoms in total. The Morgan fingerprint density at radius 3 is 2.61 bits per heavy atom. The SMILES string of the molecule is CCCCCC(I)Cc1ccc2oc(-c3ccccc3)cc2c1. The van der Waals surface area contributed by atoms with E-state index >= 15 is 0 Å². The average molecular weight is 418 g/mol. The molecule has 0 amide bonds. The van der Waals surface area contributed by atoms with E-state index in [0.29, 0.717) is 0 Å². The standard InChI is InChI=1S/C21H23IO/c1-2-3-5-10-19(22)14-16-11-12-20-18(13-16)15-21(23-20)17-8-6-4-7-9-17/h4,6-9,11-13,15,19H,2-3,5,10,14H2,1H3. The molecule has 3 rings (SSSR count). The zero-order chi connectivity index (χ0) is 16.1. The van der Waals surface area contributed by atoms with Crippen LogP contribution in [0.4, 0.5) is 0 Å². The molecule has 3 aromatic rings. The van der Waals surface area contributed by atoms with Crippen molar-refractivity contribution in [1.82, 2.24) is 0 Å². The Balaban J connectivity index is 1.74. The molecule has 0 aliphatic heterocycles. The third kappa shape index (κ3) is 4.37. The molecule has 0 fully saturated rings. The molecular weight excluding hydrogens is 395 g/mol. The first-order valence-electron chi connectivity index (χ1n) is 8.48. The predicted octanol–water partition coefficient (Wildman–Crippen LogP) is 7.03. The predicted molar refractivity (Wildman–Crippen MR) is 107 cm³/mol. The Labute approximate surface area is 152 Å². The van der Waals surface area contributed by atoms with E-state index in [4.69, 9.17) is 4.42 Å². The number of unbranched alkanes of at least 4 members (excludes halogenated alkanes) is 2. The largest absolute Gasteiger partial charge is 0.456 e. The van der Waals surface area contributed by atoms with E-state index in [9.17, 15) is 0 Å². The summed E-state index contributed by atoms with van der Waals surface area (Å²) in [6, 6.07) is 19.1. The van der Waals surface area contributed by atoms with Crippen molar-refractivity contribution in [3.8, 4) is 11.3 Å². The lowest BCUT2D eigenvalue weighted by molar-refractivity contribution is 0.631. The number of benzene rings is 2. The second-order valence-electron chi connectivity index (χ2n) is 6.15. The molecule has 1 unspecified atom stereocenters. The highest BCUT2D eigenvalue weighted by Crippen LogP contribution is 2.29. The van der Waals surface area contributed by atoms with Crippen molar-refractivity contribution in [2.45, 2.75) is 43.0 Å². The van der Waals surface area contributed by atoms with E-state index in [2.05, 4.69) is 65.9 Å². The normalized spacial score (nSPS) is 12.6. The number of furan rings is 1. The van der Waals surface area contributed by atoms with Gasteiger partial charge in [0.1, 0.15) is 11.3 Å². The summed E-state index contributed by atoms with van der Waals surface area (Å²) in [5, 5.41) is 1.21. The molecule has 0 spiro atoms. The van der Waals surface area contributed by atoms with Crippen LogP contribution in [0.2, 0.25) is 0 Å². The Morgan fingerprint density at radius 1 is 1.00 bits per heavy atom. The highest BCUT2D eigenvalue weighted by molar-refractivity contribution is 14.1. The van der Waals surface area contributed by atoms with E-state index in [1.165, 1.54) is 36.6 Å². The fraction of sp³-hybridized carbons (Fsp3) is 0.333. The van der Waals surface area contributed by atoms with Gasteiger partial charge in [-0.05, 0) is 36.6 Å². The van der Waals surface area contributed by atoms with Crippen molar-refractivity contribution in [2.75, 3.05) is 0 Å². The van der Waals surface area contributed by atoms with Crippen LogP contribution in [0.1, 0.15) is 38.2 Å². The van der Waals surface area contributed by atoms with Gasteiger partial charge < -0.3 is 4.42 Å². The van der Waals surface area contributed by atoms with E-state index < -0.39 is 0 Å². The molecule has 0 bridgehead atoms. The van der Waals surface area contributed by atoms with Crippen LogP contribution >= 0.6 is 22.6 Å². The second-order valence-corrected chi connectivity index (χ2v) is 7.91. The van der Waals surface area contributed by atoms with Crippen LogP contribution in [0.25, 0.3) is 22.3 Å². The van der Waals surface area contributed by atoms with Gasteiger partial charge in [-0.3, -0.25) is 0 Å². The van der Waals surface area contributed by atoms with Crippen LogP contribution in [-0.2, 0) is 6.42 Å². The third-order valence-electron chi connectivity index (χ3n) is 4.22. The fourth-order valence-electron chi connectivity index (χ4n) is 2.94. The number of hydrogen-bond donors (Lipinski definition) is 0. The summed E-state index contributed by atoms with van der Waals surface area (Å²) < 4.78 is 6.71. The maximum atomic E-state index is 5.99. The minimum absolute atomic E-state index is 0.720. The summed E-state index contributed by atoms with van der Waals surface area (Å²) in [5.41, 5.74) is 3.52. The smallest absolute Gasteiger partial charge is 0.135 e. The molecule has 1 heterocycles. The van der Waals surface area contributed by atoms with Crippen LogP contribution < -0.4 is 0 Å². The topological polar surface area (TPSA) is 13.1 Å². The summed E-state index contributed by atoms with van der Waals surface area (Å²) in [5.74, 6) is 0.951. The zero-order valence-electron chi connectivity index (χ0n) is 13.6.